The van der Waals surface area contributed by atoms with Crippen molar-refractivity contribution in [1.29, 1.82) is 0 Å². The van der Waals surface area contributed by atoms with Crippen molar-refractivity contribution in [3.05, 3.63) is 90.0 Å². The van der Waals surface area contributed by atoms with Gasteiger partial charge in [0.2, 0.25) is 11.8 Å². The van der Waals surface area contributed by atoms with Crippen molar-refractivity contribution < 1.29 is 37.5 Å². The Balaban J connectivity index is 1.55. The fraction of sp³-hybridized carbons (Fsp3) is 0.231. The van der Waals surface area contributed by atoms with E-state index in [0.717, 1.165) is 28.8 Å². The average Bonchev–Trinajstić information content (AvgIpc) is 2.86. The van der Waals surface area contributed by atoms with Crippen LogP contribution >= 0.6 is 0 Å². The predicted molar refractivity (Wildman–Crippen MR) is 132 cm³/mol. The van der Waals surface area contributed by atoms with Crippen LogP contribution in [0.25, 0.3) is 11.1 Å². The number of hydrogen-bond acceptors (Lipinski definition) is 5. The lowest BCUT2D eigenvalue weighted by Crippen LogP contribution is -2.51. The van der Waals surface area contributed by atoms with Crippen LogP contribution in [0.15, 0.2) is 78.9 Å². The molecule has 0 saturated carbocycles. The van der Waals surface area contributed by atoms with E-state index in [-0.39, 0.29) is 13.0 Å². The number of carbonyl (C=O) groups is 2. The lowest BCUT2D eigenvalue weighted by Gasteiger charge is -2.20. The summed E-state index contributed by atoms with van der Waals surface area (Å²) in [6, 6.07) is 22.2. The van der Waals surface area contributed by atoms with Gasteiger partial charge in [0.25, 0.3) is 0 Å². The van der Waals surface area contributed by atoms with E-state index in [0.29, 0.717) is 5.56 Å². The zero-order chi connectivity index (χ0) is 27.0. The molecule has 2 atom stereocenters. The van der Waals surface area contributed by atoms with E-state index in [1.807, 2.05) is 54.6 Å². The summed E-state index contributed by atoms with van der Waals surface area (Å²) in [6.45, 7) is 1.20. The molecule has 11 heteroatoms. The van der Waals surface area contributed by atoms with E-state index < -0.39 is 42.9 Å². The van der Waals surface area contributed by atoms with Gasteiger partial charge in [-0.15, -0.1) is 13.2 Å². The van der Waals surface area contributed by atoms with E-state index in [9.17, 15) is 32.8 Å². The first-order valence-electron chi connectivity index (χ1n) is 11.4. The summed E-state index contributed by atoms with van der Waals surface area (Å²) in [5.74, 6) is -4.11. The average molecular weight is 514 g/mol. The Morgan fingerprint density at radius 1 is 0.892 bits per heavy atom. The molecule has 0 aliphatic carbocycles. The number of carbonyl (C=O) groups excluding carboxylic acids is 2. The summed E-state index contributed by atoms with van der Waals surface area (Å²) in [5, 5.41) is 24.5. The number of ether oxygens (including phenoxy) is 1. The SMILES string of the molecule is CC(C(=O)NCc1cccc(OC(F)(F)F)c1)C(=O)N[C@@H](Cc1ccc(-c2ccccc2)cc1)B(O)O. The highest BCUT2D eigenvalue weighted by Gasteiger charge is 2.31. The lowest BCUT2D eigenvalue weighted by atomic mass is 9.75. The van der Waals surface area contributed by atoms with Crippen LogP contribution in [0.1, 0.15) is 18.1 Å². The largest absolute Gasteiger partial charge is 0.573 e. The van der Waals surface area contributed by atoms with E-state index in [1.54, 1.807) is 0 Å². The van der Waals surface area contributed by atoms with Crippen LogP contribution in [0, 0.1) is 5.92 Å². The summed E-state index contributed by atoms with van der Waals surface area (Å²) >= 11 is 0. The smallest absolute Gasteiger partial charge is 0.426 e. The van der Waals surface area contributed by atoms with Gasteiger partial charge in [0, 0.05) is 6.54 Å². The Bertz CT molecular complexity index is 1190. The van der Waals surface area contributed by atoms with Gasteiger partial charge in [-0.05, 0) is 47.7 Å². The molecule has 1 unspecified atom stereocenters. The van der Waals surface area contributed by atoms with Gasteiger partial charge in [-0.2, -0.15) is 0 Å². The molecular weight excluding hydrogens is 488 g/mol. The fourth-order valence-electron chi connectivity index (χ4n) is 3.57. The van der Waals surface area contributed by atoms with Gasteiger partial charge in [0.1, 0.15) is 11.7 Å². The number of amides is 2. The van der Waals surface area contributed by atoms with E-state index >= 15 is 0 Å². The highest BCUT2D eigenvalue weighted by molar-refractivity contribution is 6.43. The van der Waals surface area contributed by atoms with Gasteiger partial charge in [-0.25, -0.2) is 0 Å². The number of hydrogen-bond donors (Lipinski definition) is 4. The number of benzene rings is 3. The zero-order valence-corrected chi connectivity index (χ0v) is 19.9. The summed E-state index contributed by atoms with van der Waals surface area (Å²) < 4.78 is 41.0. The number of nitrogens with one attached hydrogen (secondary N) is 2. The van der Waals surface area contributed by atoms with Gasteiger partial charge in [0.05, 0.1) is 5.94 Å². The van der Waals surface area contributed by atoms with Crippen molar-refractivity contribution in [2.75, 3.05) is 0 Å². The Morgan fingerprint density at radius 3 is 2.16 bits per heavy atom. The minimum absolute atomic E-state index is 0.110. The van der Waals surface area contributed by atoms with Crippen molar-refractivity contribution in [2.45, 2.75) is 32.2 Å². The summed E-state index contributed by atoms with van der Waals surface area (Å²) in [5.41, 5.74) is 3.09. The standard InChI is InChI=1S/C26H26BF3N2O5/c1-17(24(33)31-16-19-6-5-9-22(14-19)37-26(28,29)30)25(34)32-23(27(35)36)15-18-10-12-21(13-11-18)20-7-3-2-4-8-20/h2-14,17,23,35-36H,15-16H2,1H3,(H,31,33)(H,32,34)/t17?,23-/m0/s1. The molecule has 2 amide bonds. The highest BCUT2D eigenvalue weighted by atomic mass is 19.4. The van der Waals surface area contributed by atoms with E-state index in [4.69, 9.17) is 0 Å². The molecule has 194 valence electrons. The quantitative estimate of drug-likeness (QED) is 0.246. The van der Waals surface area contributed by atoms with Crippen molar-refractivity contribution in [1.82, 2.24) is 10.6 Å². The first-order chi connectivity index (χ1) is 17.5. The number of rotatable bonds is 10. The Kier molecular flexibility index (Phi) is 9.32. The van der Waals surface area contributed by atoms with Gasteiger partial charge in [-0.1, -0.05) is 66.7 Å². The second-order valence-corrected chi connectivity index (χ2v) is 8.43. The normalized spacial score (nSPS) is 12.8. The van der Waals surface area contributed by atoms with Crippen LogP contribution in [0.3, 0.4) is 0 Å². The summed E-state index contributed by atoms with van der Waals surface area (Å²) in [6.07, 6.45) is -4.73. The second kappa shape index (κ2) is 12.4. The third-order valence-corrected chi connectivity index (χ3v) is 5.59. The lowest BCUT2D eigenvalue weighted by molar-refractivity contribution is -0.274. The maximum absolute atomic E-state index is 12.6. The maximum Gasteiger partial charge on any atom is 0.573 e. The molecular formula is C26H26BF3N2O5. The van der Waals surface area contributed by atoms with Crippen LogP contribution in [-0.2, 0) is 22.6 Å². The molecule has 3 aromatic rings. The predicted octanol–water partition coefficient (Wildman–Crippen LogP) is 3.24. The monoisotopic (exact) mass is 514 g/mol. The first kappa shape index (κ1) is 27.8. The van der Waals surface area contributed by atoms with Gasteiger partial charge >= 0.3 is 13.5 Å². The molecule has 0 aliphatic rings. The third-order valence-electron chi connectivity index (χ3n) is 5.59. The van der Waals surface area contributed by atoms with Crippen molar-refractivity contribution in [2.24, 2.45) is 5.92 Å². The molecule has 3 rings (SSSR count). The molecule has 0 spiro atoms. The molecule has 0 saturated heterocycles. The molecule has 0 aliphatic heterocycles. The molecule has 0 heterocycles. The molecule has 4 N–H and O–H groups in total. The Hall–Kier alpha value is -3.83. The Morgan fingerprint density at radius 2 is 1.54 bits per heavy atom. The molecule has 0 aromatic heterocycles. The van der Waals surface area contributed by atoms with Crippen molar-refractivity contribution in [3.63, 3.8) is 0 Å². The number of halogens is 3. The molecule has 7 nitrogen and oxygen atoms in total. The van der Waals surface area contributed by atoms with Crippen molar-refractivity contribution in [3.8, 4) is 16.9 Å². The highest BCUT2D eigenvalue weighted by Crippen LogP contribution is 2.23. The third kappa shape index (κ3) is 8.66. The molecule has 37 heavy (non-hydrogen) atoms. The fourth-order valence-corrected chi connectivity index (χ4v) is 3.57. The summed E-state index contributed by atoms with van der Waals surface area (Å²) in [4.78, 5) is 25.1. The van der Waals surface area contributed by atoms with Crippen molar-refractivity contribution >= 4 is 18.9 Å². The maximum atomic E-state index is 12.6. The molecule has 0 bridgehead atoms. The second-order valence-electron chi connectivity index (χ2n) is 8.43. The molecule has 3 aromatic carbocycles. The van der Waals surface area contributed by atoms with E-state index in [1.165, 1.54) is 19.1 Å². The van der Waals surface area contributed by atoms with Gasteiger partial charge in [0.15, 0.2) is 0 Å². The summed E-state index contributed by atoms with van der Waals surface area (Å²) in [7, 11) is -1.87. The van der Waals surface area contributed by atoms with Crippen LogP contribution < -0.4 is 15.4 Å². The van der Waals surface area contributed by atoms with Crippen LogP contribution in [-0.4, -0.2) is 41.3 Å². The Labute approximate surface area is 212 Å². The van der Waals surface area contributed by atoms with Crippen LogP contribution in [0.5, 0.6) is 5.75 Å². The van der Waals surface area contributed by atoms with Crippen LogP contribution in [0.4, 0.5) is 13.2 Å². The molecule has 0 radical (unpaired) electrons. The minimum atomic E-state index is -4.84. The van der Waals surface area contributed by atoms with Gasteiger partial charge in [-0.3, -0.25) is 9.59 Å². The minimum Gasteiger partial charge on any atom is -0.426 e. The topological polar surface area (TPSA) is 108 Å². The first-order valence-corrected chi connectivity index (χ1v) is 11.4. The van der Waals surface area contributed by atoms with Gasteiger partial charge < -0.3 is 25.4 Å². The number of alkyl halides is 3. The molecule has 0 fully saturated rings. The van der Waals surface area contributed by atoms with E-state index in [2.05, 4.69) is 15.4 Å². The zero-order valence-electron chi connectivity index (χ0n) is 19.9. The van der Waals surface area contributed by atoms with Crippen LogP contribution in [0.2, 0.25) is 0 Å².